The van der Waals surface area contributed by atoms with E-state index < -0.39 is 16.9 Å². The second-order valence-corrected chi connectivity index (χ2v) is 5.29. The molecule has 2 atom stereocenters. The number of carboxylic acids is 1. The number of aliphatic carboxylic acids is 1. The topological polar surface area (TPSA) is 74.6 Å². The summed E-state index contributed by atoms with van der Waals surface area (Å²) in [6, 6.07) is 4.49. The van der Waals surface area contributed by atoms with Crippen LogP contribution in [0.4, 0.5) is 0 Å². The summed E-state index contributed by atoms with van der Waals surface area (Å²) in [5.41, 5.74) is 0.398. The summed E-state index contributed by atoms with van der Waals surface area (Å²) in [4.78, 5) is 22.3. The van der Waals surface area contributed by atoms with Crippen LogP contribution in [0.1, 0.15) is 28.9 Å². The molecular weight excluding hydrogens is 308 g/mol. The van der Waals surface area contributed by atoms with Gasteiger partial charge in [-0.05, 0) is 6.92 Å². The van der Waals surface area contributed by atoms with Crippen molar-refractivity contribution in [1.82, 2.24) is 0 Å². The van der Waals surface area contributed by atoms with Gasteiger partial charge in [0, 0.05) is 16.0 Å². The van der Waals surface area contributed by atoms with Crippen LogP contribution < -0.4 is 0 Å². The maximum Gasteiger partial charge on any atom is 0.337 e. The van der Waals surface area contributed by atoms with Crippen molar-refractivity contribution < 1.29 is 19.8 Å². The van der Waals surface area contributed by atoms with Crippen LogP contribution >= 0.6 is 28.6 Å². The second kappa shape index (κ2) is 5.66. The fraction of sp³-hybridized carbons (Fsp3) is 0.273. The van der Waals surface area contributed by atoms with Crippen molar-refractivity contribution in [1.29, 1.82) is 0 Å². The highest BCUT2D eigenvalue weighted by Crippen LogP contribution is 2.27. The molecule has 1 aromatic rings. The molecule has 0 spiro atoms. The number of aliphatic hydroxyl groups is 1. The van der Waals surface area contributed by atoms with Crippen LogP contribution in [0.25, 0.3) is 0 Å². The summed E-state index contributed by atoms with van der Waals surface area (Å²) in [6.45, 7) is 1.66. The van der Waals surface area contributed by atoms with E-state index in [2.05, 4.69) is 28.6 Å². The zero-order valence-corrected chi connectivity index (χ0v) is 11.4. The van der Waals surface area contributed by atoms with Gasteiger partial charge in [0.2, 0.25) is 0 Å². The minimum atomic E-state index is -1.68. The van der Waals surface area contributed by atoms with Crippen LogP contribution in [-0.2, 0) is 4.79 Å². The lowest BCUT2D eigenvalue weighted by Crippen LogP contribution is -2.15. The van der Waals surface area contributed by atoms with Crippen molar-refractivity contribution in [3.63, 3.8) is 0 Å². The zero-order chi connectivity index (χ0) is 13.2. The minimum Gasteiger partial charge on any atom is -0.479 e. The summed E-state index contributed by atoms with van der Waals surface area (Å²) < 4.78 is 0. The van der Waals surface area contributed by atoms with Crippen LogP contribution in [0, 0.1) is 0 Å². The second-order valence-electron chi connectivity index (χ2n) is 3.46. The van der Waals surface area contributed by atoms with Crippen LogP contribution in [0.5, 0.6) is 0 Å². The Morgan fingerprint density at radius 3 is 2.47 bits per heavy atom. The van der Waals surface area contributed by atoms with E-state index in [0.717, 1.165) is 0 Å². The van der Waals surface area contributed by atoms with Crippen LogP contribution in [0.3, 0.4) is 0 Å². The van der Waals surface area contributed by atoms with Crippen molar-refractivity contribution in [3.05, 3.63) is 29.3 Å². The van der Waals surface area contributed by atoms with Crippen molar-refractivity contribution in [2.24, 2.45) is 0 Å². The number of carboxylic acid groups (broad SMARTS) is 1. The van der Waals surface area contributed by atoms with Crippen molar-refractivity contribution in [2.75, 3.05) is 0 Å². The Kier molecular flexibility index (Phi) is 4.73. The van der Waals surface area contributed by atoms with E-state index >= 15 is 0 Å². The molecule has 17 heavy (non-hydrogen) atoms. The molecule has 0 aliphatic rings. The molecule has 0 aromatic heterocycles. The SMILES string of the molecule is CC(Br)C(=O)c1cccc(C(O)C(=O)O)c1S. The lowest BCUT2D eigenvalue weighted by Gasteiger charge is -2.12. The van der Waals surface area contributed by atoms with Crippen molar-refractivity contribution in [2.45, 2.75) is 22.8 Å². The first-order valence-electron chi connectivity index (χ1n) is 4.77. The molecule has 92 valence electrons. The molecule has 0 bridgehead atoms. The average molecular weight is 319 g/mol. The Labute approximate surface area is 112 Å². The number of hydrogen-bond acceptors (Lipinski definition) is 4. The summed E-state index contributed by atoms with van der Waals surface area (Å²) in [5, 5.41) is 18.2. The highest BCUT2D eigenvalue weighted by atomic mass is 79.9. The fourth-order valence-electron chi connectivity index (χ4n) is 1.33. The summed E-state index contributed by atoms with van der Waals surface area (Å²) in [6.07, 6.45) is -1.68. The number of ketones is 1. The van der Waals surface area contributed by atoms with Gasteiger partial charge in [-0.1, -0.05) is 34.1 Å². The van der Waals surface area contributed by atoms with Gasteiger partial charge >= 0.3 is 5.97 Å². The number of aliphatic hydroxyl groups excluding tert-OH is 1. The highest BCUT2D eigenvalue weighted by Gasteiger charge is 2.23. The molecule has 0 saturated heterocycles. The van der Waals surface area contributed by atoms with Crippen LogP contribution in [0.15, 0.2) is 23.1 Å². The molecule has 6 heteroatoms. The number of rotatable bonds is 4. The monoisotopic (exact) mass is 318 g/mol. The summed E-state index contributed by atoms with van der Waals surface area (Å²) in [7, 11) is 0. The Hall–Kier alpha value is -0.850. The largest absolute Gasteiger partial charge is 0.479 e. The van der Waals surface area contributed by atoms with Crippen LogP contribution in [0.2, 0.25) is 0 Å². The van der Waals surface area contributed by atoms with E-state index in [1.807, 2.05) is 0 Å². The van der Waals surface area contributed by atoms with Crippen molar-refractivity contribution >= 4 is 40.3 Å². The number of carbonyl (C=O) groups is 2. The minimum absolute atomic E-state index is 0.111. The molecule has 0 aliphatic heterocycles. The van der Waals surface area contributed by atoms with Gasteiger partial charge in [-0.3, -0.25) is 4.79 Å². The Morgan fingerprint density at radius 2 is 2.00 bits per heavy atom. The zero-order valence-electron chi connectivity index (χ0n) is 8.92. The van der Waals surface area contributed by atoms with Gasteiger partial charge in [-0.2, -0.15) is 0 Å². The molecule has 4 nitrogen and oxygen atoms in total. The molecule has 0 amide bonds. The van der Waals surface area contributed by atoms with E-state index in [1.165, 1.54) is 12.1 Å². The quantitative estimate of drug-likeness (QED) is 0.451. The van der Waals surface area contributed by atoms with E-state index in [-0.39, 0.29) is 21.8 Å². The molecule has 1 rings (SSSR count). The van der Waals surface area contributed by atoms with Gasteiger partial charge in [-0.15, -0.1) is 12.6 Å². The van der Waals surface area contributed by atoms with E-state index in [4.69, 9.17) is 5.11 Å². The number of benzene rings is 1. The number of alkyl halides is 1. The maximum atomic E-state index is 11.8. The number of halogens is 1. The lowest BCUT2D eigenvalue weighted by atomic mass is 10.0. The molecule has 2 unspecified atom stereocenters. The molecule has 0 saturated carbocycles. The number of hydrogen-bond donors (Lipinski definition) is 3. The summed E-state index contributed by atoms with van der Waals surface area (Å²) in [5.74, 6) is -1.59. The van der Waals surface area contributed by atoms with Crippen LogP contribution in [-0.4, -0.2) is 26.8 Å². The van der Waals surface area contributed by atoms with Gasteiger partial charge in [-0.25, -0.2) is 4.79 Å². The summed E-state index contributed by atoms with van der Waals surface area (Å²) >= 11 is 7.25. The predicted octanol–water partition coefficient (Wildman–Crippen LogP) is 2.06. The number of Topliss-reactive ketones (excluding diaryl/α,β-unsaturated/α-hetero) is 1. The molecule has 0 heterocycles. The maximum absolute atomic E-state index is 11.8. The van der Waals surface area contributed by atoms with Gasteiger partial charge < -0.3 is 10.2 Å². The van der Waals surface area contributed by atoms with Gasteiger partial charge in [0.15, 0.2) is 11.9 Å². The standard InChI is InChI=1S/C11H11BrO4S/c1-5(12)8(13)6-3-2-4-7(10(6)17)9(14)11(15)16/h2-5,9,14,17H,1H3,(H,15,16). The molecule has 2 N–H and O–H groups in total. The van der Waals surface area contributed by atoms with Crippen molar-refractivity contribution in [3.8, 4) is 0 Å². The predicted molar refractivity (Wildman–Crippen MR) is 69.0 cm³/mol. The molecule has 0 fully saturated rings. The molecule has 1 aromatic carbocycles. The highest BCUT2D eigenvalue weighted by molar-refractivity contribution is 9.10. The average Bonchev–Trinajstić information content (AvgIpc) is 2.27. The third kappa shape index (κ3) is 3.08. The van der Waals surface area contributed by atoms with Gasteiger partial charge in [0.1, 0.15) is 0 Å². The Balaban J connectivity index is 3.25. The van der Waals surface area contributed by atoms with E-state index in [1.54, 1.807) is 13.0 Å². The van der Waals surface area contributed by atoms with E-state index in [9.17, 15) is 14.7 Å². The Bertz CT molecular complexity index is 459. The van der Waals surface area contributed by atoms with Gasteiger partial charge in [0.25, 0.3) is 0 Å². The third-order valence-corrected chi connectivity index (χ3v) is 3.14. The van der Waals surface area contributed by atoms with Gasteiger partial charge in [0.05, 0.1) is 4.83 Å². The number of carbonyl (C=O) groups excluding carboxylic acids is 1. The molecule has 0 aliphatic carbocycles. The number of thiol groups is 1. The lowest BCUT2D eigenvalue weighted by molar-refractivity contribution is -0.147. The molecule has 0 radical (unpaired) electrons. The fourth-order valence-corrected chi connectivity index (χ4v) is 1.96. The first-order chi connectivity index (χ1) is 7.86. The first-order valence-corrected chi connectivity index (χ1v) is 6.13. The third-order valence-electron chi connectivity index (χ3n) is 2.22. The smallest absolute Gasteiger partial charge is 0.337 e. The van der Waals surface area contributed by atoms with E-state index in [0.29, 0.717) is 0 Å². The molecular formula is C11H11BrO4S. The first kappa shape index (κ1) is 14.2. The Morgan fingerprint density at radius 1 is 1.41 bits per heavy atom. The normalized spacial score (nSPS) is 14.1.